The van der Waals surface area contributed by atoms with E-state index in [9.17, 15) is 14.4 Å². The minimum atomic E-state index is -0.456. The van der Waals surface area contributed by atoms with Gasteiger partial charge in [0.15, 0.2) is 0 Å². The van der Waals surface area contributed by atoms with Crippen LogP contribution in [0, 0.1) is 6.92 Å². The second-order valence-electron chi connectivity index (χ2n) is 6.23. The molecular formula is C21H20N2O5. The van der Waals surface area contributed by atoms with Crippen molar-refractivity contribution in [1.29, 1.82) is 0 Å². The number of hydrogen-bond acceptors (Lipinski definition) is 5. The van der Waals surface area contributed by atoms with Gasteiger partial charge < -0.3 is 14.8 Å². The number of hydrogen-bond donors (Lipinski definition) is 1. The maximum Gasteiger partial charge on any atom is 0.337 e. The Morgan fingerprint density at radius 1 is 1.07 bits per heavy atom. The molecule has 1 amide bonds. The molecule has 0 bridgehead atoms. The fraction of sp³-hybridized carbons (Fsp3) is 0.190. The largest absolute Gasteiger partial charge is 0.495 e. The van der Waals surface area contributed by atoms with Crippen LogP contribution in [0.15, 0.2) is 53.3 Å². The van der Waals surface area contributed by atoms with Crippen LogP contribution >= 0.6 is 0 Å². The molecule has 0 spiro atoms. The number of para-hydroxylation sites is 1. The lowest BCUT2D eigenvalue weighted by molar-refractivity contribution is -0.116. The molecule has 0 unspecified atom stereocenters. The number of aromatic nitrogens is 1. The first kappa shape index (κ1) is 19.2. The first-order valence-electron chi connectivity index (χ1n) is 8.60. The predicted molar refractivity (Wildman–Crippen MR) is 106 cm³/mol. The zero-order valence-electron chi connectivity index (χ0n) is 15.8. The fourth-order valence-corrected chi connectivity index (χ4v) is 3.04. The van der Waals surface area contributed by atoms with E-state index in [4.69, 9.17) is 4.74 Å². The highest BCUT2D eigenvalue weighted by atomic mass is 16.5. The minimum absolute atomic E-state index is 0.172. The van der Waals surface area contributed by atoms with Gasteiger partial charge >= 0.3 is 5.97 Å². The van der Waals surface area contributed by atoms with Crippen molar-refractivity contribution in [3.8, 4) is 5.75 Å². The van der Waals surface area contributed by atoms with E-state index in [-0.39, 0.29) is 18.0 Å². The van der Waals surface area contributed by atoms with Gasteiger partial charge in [0.1, 0.15) is 12.3 Å². The van der Waals surface area contributed by atoms with E-state index in [0.29, 0.717) is 22.5 Å². The molecule has 7 nitrogen and oxygen atoms in total. The van der Waals surface area contributed by atoms with Crippen LogP contribution in [0.2, 0.25) is 0 Å². The SMILES string of the molecule is COC(=O)c1ccc(NC(=O)Cn2c(=O)cc(C)c3cccc(OC)c32)cc1. The summed E-state index contributed by atoms with van der Waals surface area (Å²) in [5.41, 5.74) is 1.99. The second kappa shape index (κ2) is 7.96. The number of carbonyl (C=O) groups excluding carboxylic acids is 2. The summed E-state index contributed by atoms with van der Waals surface area (Å²) >= 11 is 0. The third kappa shape index (κ3) is 3.73. The van der Waals surface area contributed by atoms with Gasteiger partial charge in [0.05, 0.1) is 25.3 Å². The molecule has 0 aliphatic heterocycles. The number of ether oxygens (including phenoxy) is 2. The molecule has 0 saturated heterocycles. The molecular weight excluding hydrogens is 360 g/mol. The standard InChI is InChI=1S/C21H20N2O5/c1-13-11-19(25)23(20-16(13)5-4-6-17(20)27-2)12-18(24)22-15-9-7-14(8-10-15)21(26)28-3/h4-11H,12H2,1-3H3,(H,22,24). The summed E-state index contributed by atoms with van der Waals surface area (Å²) in [6, 6.07) is 13.3. The normalized spacial score (nSPS) is 10.5. The van der Waals surface area contributed by atoms with Gasteiger partial charge in [-0.25, -0.2) is 4.79 Å². The van der Waals surface area contributed by atoms with Crippen molar-refractivity contribution < 1.29 is 19.1 Å². The number of aryl methyl sites for hydroxylation is 1. The zero-order valence-corrected chi connectivity index (χ0v) is 15.8. The molecule has 0 atom stereocenters. The Morgan fingerprint density at radius 3 is 2.43 bits per heavy atom. The molecule has 0 saturated carbocycles. The molecule has 1 aromatic heterocycles. The number of nitrogens with zero attached hydrogens (tertiary/aromatic N) is 1. The van der Waals surface area contributed by atoms with Crippen molar-refractivity contribution in [3.63, 3.8) is 0 Å². The molecule has 3 aromatic rings. The van der Waals surface area contributed by atoms with E-state index in [1.54, 1.807) is 30.3 Å². The summed E-state index contributed by atoms with van der Waals surface area (Å²) in [4.78, 5) is 36.6. The third-order valence-corrected chi connectivity index (χ3v) is 4.41. The summed E-state index contributed by atoms with van der Waals surface area (Å²) in [6.45, 7) is 1.67. The van der Waals surface area contributed by atoms with Crippen LogP contribution in [0.25, 0.3) is 10.9 Å². The van der Waals surface area contributed by atoms with Gasteiger partial charge in [0.2, 0.25) is 5.91 Å². The summed E-state index contributed by atoms with van der Waals surface area (Å²) in [5, 5.41) is 3.57. The number of nitrogens with one attached hydrogen (secondary N) is 1. The fourth-order valence-electron chi connectivity index (χ4n) is 3.04. The number of fused-ring (bicyclic) bond motifs is 1. The molecule has 1 N–H and O–H groups in total. The predicted octanol–water partition coefficient (Wildman–Crippen LogP) is 2.74. The van der Waals surface area contributed by atoms with Crippen LogP contribution in [0.3, 0.4) is 0 Å². The van der Waals surface area contributed by atoms with Crippen molar-refractivity contribution in [3.05, 3.63) is 70.0 Å². The monoisotopic (exact) mass is 380 g/mol. The number of amides is 1. The minimum Gasteiger partial charge on any atom is -0.495 e. The average Bonchev–Trinajstić information content (AvgIpc) is 2.70. The summed E-state index contributed by atoms with van der Waals surface area (Å²) < 4.78 is 11.4. The van der Waals surface area contributed by atoms with E-state index >= 15 is 0 Å². The molecule has 28 heavy (non-hydrogen) atoms. The summed E-state index contributed by atoms with van der Waals surface area (Å²) in [5.74, 6) is -0.305. The van der Waals surface area contributed by atoms with Gasteiger partial charge in [-0.1, -0.05) is 12.1 Å². The topological polar surface area (TPSA) is 86.6 Å². The Balaban J connectivity index is 1.89. The van der Waals surface area contributed by atoms with Gasteiger partial charge in [0, 0.05) is 17.1 Å². The number of esters is 1. The van der Waals surface area contributed by atoms with Crippen molar-refractivity contribution in [1.82, 2.24) is 4.57 Å². The van der Waals surface area contributed by atoms with Gasteiger partial charge in [-0.15, -0.1) is 0 Å². The zero-order chi connectivity index (χ0) is 20.3. The Morgan fingerprint density at radius 2 is 1.79 bits per heavy atom. The van der Waals surface area contributed by atoms with E-state index in [1.807, 2.05) is 19.1 Å². The maximum atomic E-state index is 12.5. The Kier molecular flexibility index (Phi) is 5.44. The van der Waals surface area contributed by atoms with Crippen LogP contribution in [0.4, 0.5) is 5.69 Å². The number of anilines is 1. The second-order valence-corrected chi connectivity index (χ2v) is 6.23. The average molecular weight is 380 g/mol. The number of methoxy groups -OCH3 is 2. The smallest absolute Gasteiger partial charge is 0.337 e. The van der Waals surface area contributed by atoms with Gasteiger partial charge in [-0.3, -0.25) is 14.2 Å². The molecule has 0 fully saturated rings. The summed E-state index contributed by atoms with van der Waals surface area (Å²) in [6.07, 6.45) is 0. The quantitative estimate of drug-likeness (QED) is 0.688. The van der Waals surface area contributed by atoms with E-state index in [1.165, 1.54) is 24.9 Å². The van der Waals surface area contributed by atoms with Gasteiger partial charge in [-0.05, 0) is 42.8 Å². The highest BCUT2D eigenvalue weighted by Gasteiger charge is 2.14. The molecule has 1 heterocycles. The van der Waals surface area contributed by atoms with Crippen LogP contribution in [0.5, 0.6) is 5.75 Å². The number of benzene rings is 2. The Hall–Kier alpha value is -3.61. The number of rotatable bonds is 5. The lowest BCUT2D eigenvalue weighted by Crippen LogP contribution is -2.28. The maximum absolute atomic E-state index is 12.5. The van der Waals surface area contributed by atoms with E-state index in [0.717, 1.165) is 10.9 Å². The lowest BCUT2D eigenvalue weighted by atomic mass is 10.1. The highest BCUT2D eigenvalue weighted by Crippen LogP contribution is 2.26. The summed E-state index contributed by atoms with van der Waals surface area (Å²) in [7, 11) is 2.82. The van der Waals surface area contributed by atoms with Crippen molar-refractivity contribution >= 4 is 28.5 Å². The Labute approximate surface area is 161 Å². The van der Waals surface area contributed by atoms with Crippen LogP contribution in [-0.2, 0) is 16.1 Å². The molecule has 7 heteroatoms. The molecule has 0 radical (unpaired) electrons. The number of carbonyl (C=O) groups is 2. The van der Waals surface area contributed by atoms with Crippen molar-refractivity contribution in [2.45, 2.75) is 13.5 Å². The van der Waals surface area contributed by atoms with E-state index in [2.05, 4.69) is 10.1 Å². The van der Waals surface area contributed by atoms with Gasteiger partial charge in [0.25, 0.3) is 5.56 Å². The molecule has 2 aromatic carbocycles. The van der Waals surface area contributed by atoms with E-state index < -0.39 is 5.97 Å². The molecule has 0 aliphatic rings. The van der Waals surface area contributed by atoms with Crippen LogP contribution in [-0.4, -0.2) is 30.7 Å². The molecule has 3 rings (SSSR count). The lowest BCUT2D eigenvalue weighted by Gasteiger charge is -2.15. The van der Waals surface area contributed by atoms with Crippen LogP contribution in [0.1, 0.15) is 15.9 Å². The highest BCUT2D eigenvalue weighted by molar-refractivity contribution is 5.94. The first-order valence-corrected chi connectivity index (χ1v) is 8.60. The third-order valence-electron chi connectivity index (χ3n) is 4.41. The van der Waals surface area contributed by atoms with Crippen molar-refractivity contribution in [2.24, 2.45) is 0 Å². The molecule has 0 aliphatic carbocycles. The van der Waals surface area contributed by atoms with Crippen LogP contribution < -0.4 is 15.6 Å². The van der Waals surface area contributed by atoms with Gasteiger partial charge in [-0.2, -0.15) is 0 Å². The first-order chi connectivity index (χ1) is 13.4. The van der Waals surface area contributed by atoms with Crippen molar-refractivity contribution in [2.75, 3.05) is 19.5 Å². The molecule has 144 valence electrons. The number of pyridine rings is 1. The Bertz CT molecular complexity index is 1100.